The summed E-state index contributed by atoms with van der Waals surface area (Å²) in [5.41, 5.74) is 2.44. The summed E-state index contributed by atoms with van der Waals surface area (Å²) in [6.45, 7) is 8.32. The molecule has 0 unspecified atom stereocenters. The van der Waals surface area contributed by atoms with E-state index in [1.807, 2.05) is 13.8 Å². The van der Waals surface area contributed by atoms with Gasteiger partial charge in [-0.1, -0.05) is 86.4 Å². The number of carbonyl (C=O) groups excluding carboxylic acids is 3. The van der Waals surface area contributed by atoms with Gasteiger partial charge >= 0.3 is 5.97 Å². The van der Waals surface area contributed by atoms with Crippen molar-refractivity contribution in [3.63, 3.8) is 0 Å². The Kier molecular flexibility index (Phi) is 13.6. The summed E-state index contributed by atoms with van der Waals surface area (Å²) >= 11 is 18.6. The zero-order valence-corrected chi connectivity index (χ0v) is 24.9. The first kappa shape index (κ1) is 34.1. The van der Waals surface area contributed by atoms with Gasteiger partial charge in [-0.25, -0.2) is 4.79 Å². The zero-order valence-electron chi connectivity index (χ0n) is 22.6. The lowest BCUT2D eigenvalue weighted by molar-refractivity contribution is -0.146. The van der Waals surface area contributed by atoms with Crippen LogP contribution in [0.1, 0.15) is 53.1 Å². The number of amides is 2. The molecular weight excluding hydrogens is 585 g/mol. The molecule has 0 spiro atoms. The van der Waals surface area contributed by atoms with Crippen molar-refractivity contribution in [1.82, 2.24) is 10.2 Å². The summed E-state index contributed by atoms with van der Waals surface area (Å²) in [6, 6.07) is 15.9. The highest BCUT2D eigenvalue weighted by Gasteiger charge is 2.25. The normalized spacial score (nSPS) is 11.4. The molecule has 3 aromatic rings. The van der Waals surface area contributed by atoms with Gasteiger partial charge in [0.05, 0.1) is 26.2 Å². The average Bonchev–Trinajstić information content (AvgIpc) is 2.91. The average molecular weight is 621 g/mol. The number of rotatable bonds is 12. The summed E-state index contributed by atoms with van der Waals surface area (Å²) in [5.74, 6) is -1.45. The van der Waals surface area contributed by atoms with Gasteiger partial charge in [0, 0.05) is 18.7 Å². The molecule has 0 fully saturated rings. The number of halogens is 3. The minimum absolute atomic E-state index is 0. The van der Waals surface area contributed by atoms with Crippen LogP contribution in [-0.4, -0.2) is 55.0 Å². The summed E-state index contributed by atoms with van der Waals surface area (Å²) in [6.07, 6.45) is 0.171. The van der Waals surface area contributed by atoms with Gasteiger partial charge in [-0.05, 0) is 61.5 Å². The molecule has 3 rings (SSSR count). The van der Waals surface area contributed by atoms with Crippen molar-refractivity contribution >= 4 is 58.3 Å². The van der Waals surface area contributed by atoms with E-state index < -0.39 is 23.8 Å². The molecule has 0 aliphatic rings. The second-order valence-corrected chi connectivity index (χ2v) is 10.3. The van der Waals surface area contributed by atoms with Crippen molar-refractivity contribution in [3.05, 3.63) is 98.0 Å². The Hall–Kier alpha value is -3.10. The maximum absolute atomic E-state index is 13.2. The third-order valence-electron chi connectivity index (χ3n) is 6.43. The molecule has 0 aliphatic heterocycles. The number of ether oxygens (including phenoxy) is 1. The Bertz CT molecular complexity index is 1300. The minimum Gasteiger partial charge on any atom is -0.463 e. The number of carbonyl (C=O) groups is 3. The summed E-state index contributed by atoms with van der Waals surface area (Å²) in [7, 11) is 0. The Balaban J connectivity index is 0.00000588. The van der Waals surface area contributed by atoms with Crippen molar-refractivity contribution < 1.29 is 19.1 Å². The molecule has 0 aliphatic carbocycles. The number of benzene rings is 3. The van der Waals surface area contributed by atoms with E-state index in [9.17, 15) is 14.4 Å². The standard InChI is InChI=1S/C30H32Cl3N3O4.CH4/c1-4-36(5-2)16-17-40-30(39)25(35-28(37)26-19(3)8-6-9-22(26)31)18-20-12-14-21(15-13-20)34-29(38)27-23(32)10-7-11-24(27)33;/h6-15,25H,4-5,16-18H2,1-3H3,(H,34,38)(H,35,37);1H4/t25-;/m0./s1. The molecule has 0 aromatic heterocycles. The number of nitrogens with one attached hydrogen (secondary N) is 2. The quantitative estimate of drug-likeness (QED) is 0.212. The van der Waals surface area contributed by atoms with E-state index in [-0.39, 0.29) is 36.1 Å². The molecule has 3 aromatic carbocycles. The van der Waals surface area contributed by atoms with Crippen LogP contribution in [0.5, 0.6) is 0 Å². The minimum atomic E-state index is -0.956. The maximum atomic E-state index is 13.2. The number of hydrogen-bond donors (Lipinski definition) is 2. The first-order valence-electron chi connectivity index (χ1n) is 12.9. The van der Waals surface area contributed by atoms with Crippen LogP contribution in [0.15, 0.2) is 60.7 Å². The maximum Gasteiger partial charge on any atom is 0.329 e. The first-order chi connectivity index (χ1) is 19.1. The van der Waals surface area contributed by atoms with Crippen LogP contribution in [0.2, 0.25) is 15.1 Å². The van der Waals surface area contributed by atoms with Crippen molar-refractivity contribution in [3.8, 4) is 0 Å². The second kappa shape index (κ2) is 16.4. The molecule has 7 nitrogen and oxygen atoms in total. The third-order valence-corrected chi connectivity index (χ3v) is 7.37. The number of nitrogens with zero attached hydrogens (tertiary/aromatic N) is 1. The lowest BCUT2D eigenvalue weighted by Crippen LogP contribution is -2.44. The number of hydrogen-bond acceptors (Lipinski definition) is 5. The number of esters is 1. The van der Waals surface area contributed by atoms with Gasteiger partial charge in [0.15, 0.2) is 0 Å². The predicted octanol–water partition coefficient (Wildman–Crippen LogP) is 7.07. The zero-order chi connectivity index (χ0) is 29.2. The van der Waals surface area contributed by atoms with E-state index in [2.05, 4.69) is 15.5 Å². The topological polar surface area (TPSA) is 87.7 Å². The number of aryl methyl sites for hydroxylation is 1. The molecule has 0 saturated carbocycles. The summed E-state index contributed by atoms with van der Waals surface area (Å²) < 4.78 is 5.55. The SMILES string of the molecule is C.CCN(CC)CCOC(=O)[C@H](Cc1ccc(NC(=O)c2c(Cl)cccc2Cl)cc1)NC(=O)c1c(C)cccc1Cl. The van der Waals surface area contributed by atoms with Crippen molar-refractivity contribution in [2.75, 3.05) is 31.6 Å². The van der Waals surface area contributed by atoms with Crippen LogP contribution < -0.4 is 10.6 Å². The Morgan fingerprint density at radius 1 is 0.829 bits per heavy atom. The van der Waals surface area contributed by atoms with Gasteiger partial charge in [-0.3, -0.25) is 9.59 Å². The van der Waals surface area contributed by atoms with Crippen LogP contribution in [0.4, 0.5) is 5.69 Å². The van der Waals surface area contributed by atoms with Crippen molar-refractivity contribution in [1.29, 1.82) is 0 Å². The molecule has 0 radical (unpaired) electrons. The highest BCUT2D eigenvalue weighted by atomic mass is 35.5. The Morgan fingerprint density at radius 2 is 1.39 bits per heavy atom. The van der Waals surface area contributed by atoms with Crippen molar-refractivity contribution in [2.24, 2.45) is 0 Å². The molecular formula is C31H36Cl3N3O4. The largest absolute Gasteiger partial charge is 0.463 e. The van der Waals surface area contributed by atoms with E-state index in [4.69, 9.17) is 39.5 Å². The molecule has 220 valence electrons. The van der Waals surface area contributed by atoms with Gasteiger partial charge < -0.3 is 20.3 Å². The fraction of sp³-hybridized carbons (Fsp3) is 0.323. The van der Waals surface area contributed by atoms with E-state index in [1.165, 1.54) is 0 Å². The van der Waals surface area contributed by atoms with Gasteiger partial charge in [-0.2, -0.15) is 0 Å². The fourth-order valence-electron chi connectivity index (χ4n) is 4.13. The van der Waals surface area contributed by atoms with Gasteiger partial charge in [0.25, 0.3) is 11.8 Å². The van der Waals surface area contributed by atoms with E-state index in [0.29, 0.717) is 28.4 Å². The van der Waals surface area contributed by atoms with Gasteiger partial charge in [0.2, 0.25) is 0 Å². The van der Waals surface area contributed by atoms with E-state index >= 15 is 0 Å². The van der Waals surface area contributed by atoms with Gasteiger partial charge in [-0.15, -0.1) is 0 Å². The van der Waals surface area contributed by atoms with E-state index in [0.717, 1.165) is 18.7 Å². The van der Waals surface area contributed by atoms with E-state index in [1.54, 1.807) is 67.6 Å². The molecule has 1 atom stereocenters. The highest BCUT2D eigenvalue weighted by molar-refractivity contribution is 6.40. The first-order valence-corrected chi connectivity index (χ1v) is 14.1. The summed E-state index contributed by atoms with van der Waals surface area (Å²) in [4.78, 5) is 41.1. The van der Waals surface area contributed by atoms with Crippen LogP contribution in [0, 0.1) is 6.92 Å². The lowest BCUT2D eigenvalue weighted by atomic mass is 10.0. The third kappa shape index (κ3) is 9.47. The lowest BCUT2D eigenvalue weighted by Gasteiger charge is -2.21. The monoisotopic (exact) mass is 619 g/mol. The molecule has 2 N–H and O–H groups in total. The smallest absolute Gasteiger partial charge is 0.329 e. The van der Waals surface area contributed by atoms with Crippen molar-refractivity contribution in [2.45, 2.75) is 40.7 Å². The number of likely N-dealkylation sites (N-methyl/N-ethyl adjacent to an activating group) is 1. The molecule has 41 heavy (non-hydrogen) atoms. The summed E-state index contributed by atoms with van der Waals surface area (Å²) in [5, 5.41) is 6.35. The molecule has 0 bridgehead atoms. The number of anilines is 1. The molecule has 0 saturated heterocycles. The van der Waals surface area contributed by atoms with Crippen LogP contribution in [-0.2, 0) is 16.0 Å². The second-order valence-electron chi connectivity index (χ2n) is 9.10. The highest BCUT2D eigenvalue weighted by Crippen LogP contribution is 2.25. The molecule has 0 heterocycles. The van der Waals surface area contributed by atoms with Gasteiger partial charge in [0.1, 0.15) is 12.6 Å². The Morgan fingerprint density at radius 3 is 1.95 bits per heavy atom. The fourth-order valence-corrected chi connectivity index (χ4v) is 5.00. The predicted molar refractivity (Wildman–Crippen MR) is 167 cm³/mol. The van der Waals surface area contributed by atoms with Crippen LogP contribution in [0.25, 0.3) is 0 Å². The van der Waals surface area contributed by atoms with Crippen LogP contribution in [0.3, 0.4) is 0 Å². The van der Waals surface area contributed by atoms with Crippen LogP contribution >= 0.6 is 34.8 Å². The molecule has 2 amide bonds. The molecule has 10 heteroatoms. The Labute approximate surface area is 257 Å².